The van der Waals surface area contributed by atoms with Gasteiger partial charge in [-0.3, -0.25) is 4.79 Å². The third-order valence-electron chi connectivity index (χ3n) is 4.00. The van der Waals surface area contributed by atoms with Gasteiger partial charge in [-0.05, 0) is 34.1 Å². The molecule has 2 heterocycles. The molecule has 2 aliphatic heterocycles. The summed E-state index contributed by atoms with van der Waals surface area (Å²) in [5, 5.41) is 0. The average molecular weight is 390 g/mol. The molecule has 0 bridgehead atoms. The summed E-state index contributed by atoms with van der Waals surface area (Å²) in [6.45, 7) is 0.763. The summed E-state index contributed by atoms with van der Waals surface area (Å²) in [6.07, 6.45) is -0.413. The quantitative estimate of drug-likeness (QED) is 0.756. The highest BCUT2D eigenvalue weighted by molar-refractivity contribution is 9.10. The molecular formula is C14H16BrNO5S. The first-order valence-electron chi connectivity index (χ1n) is 6.88. The molecule has 0 N–H and O–H groups in total. The molecule has 0 aromatic heterocycles. The van der Waals surface area contributed by atoms with E-state index < -0.39 is 22.0 Å². The Morgan fingerprint density at radius 3 is 2.86 bits per heavy atom. The minimum atomic E-state index is -3.14. The Bertz CT molecular complexity index is 705. The number of sulfone groups is 1. The molecule has 8 heteroatoms. The highest BCUT2D eigenvalue weighted by Crippen LogP contribution is 2.29. The van der Waals surface area contributed by atoms with Crippen LogP contribution in [0.25, 0.3) is 0 Å². The summed E-state index contributed by atoms with van der Waals surface area (Å²) in [5.74, 6) is 0.424. The van der Waals surface area contributed by atoms with Crippen LogP contribution in [-0.2, 0) is 14.6 Å². The van der Waals surface area contributed by atoms with Gasteiger partial charge in [-0.1, -0.05) is 0 Å². The fourth-order valence-electron chi connectivity index (χ4n) is 2.93. The zero-order chi connectivity index (χ0) is 15.9. The number of carbonyl (C=O) groups excluding carboxylic acids is 1. The number of benzene rings is 1. The smallest absolute Gasteiger partial charge is 0.254 e. The van der Waals surface area contributed by atoms with Gasteiger partial charge in [-0.2, -0.15) is 0 Å². The number of carbonyl (C=O) groups is 1. The first-order valence-corrected chi connectivity index (χ1v) is 9.49. The lowest BCUT2D eigenvalue weighted by Crippen LogP contribution is -2.53. The maximum atomic E-state index is 12.7. The number of fused-ring (bicyclic) bond motifs is 1. The zero-order valence-electron chi connectivity index (χ0n) is 12.0. The lowest BCUT2D eigenvalue weighted by Gasteiger charge is -2.36. The molecule has 120 valence electrons. The maximum Gasteiger partial charge on any atom is 0.254 e. The summed E-state index contributed by atoms with van der Waals surface area (Å²) in [4.78, 5) is 14.3. The zero-order valence-corrected chi connectivity index (χ0v) is 14.4. The van der Waals surface area contributed by atoms with E-state index in [1.165, 1.54) is 0 Å². The molecule has 1 aromatic rings. The second-order valence-corrected chi connectivity index (χ2v) is 8.41. The Hall–Kier alpha value is -1.12. The van der Waals surface area contributed by atoms with Gasteiger partial charge in [0.2, 0.25) is 0 Å². The van der Waals surface area contributed by atoms with Crippen LogP contribution in [-0.4, -0.2) is 63.1 Å². The van der Waals surface area contributed by atoms with Crippen LogP contribution in [0.15, 0.2) is 22.7 Å². The predicted octanol–water partition coefficient (Wildman–Crippen LogP) is 1.10. The van der Waals surface area contributed by atoms with E-state index in [9.17, 15) is 13.2 Å². The van der Waals surface area contributed by atoms with E-state index in [1.807, 2.05) is 0 Å². The Morgan fingerprint density at radius 2 is 2.18 bits per heavy atom. The number of hydrogen-bond acceptors (Lipinski definition) is 5. The van der Waals surface area contributed by atoms with Crippen molar-refractivity contribution in [2.45, 2.75) is 12.1 Å². The molecular weight excluding hydrogens is 374 g/mol. The number of methoxy groups -OCH3 is 1. The average Bonchev–Trinajstić information content (AvgIpc) is 2.80. The minimum absolute atomic E-state index is 0.00620. The Labute approximate surface area is 137 Å². The first kappa shape index (κ1) is 15.8. The molecule has 0 saturated carbocycles. The van der Waals surface area contributed by atoms with Gasteiger partial charge < -0.3 is 14.4 Å². The Balaban J connectivity index is 1.86. The van der Waals surface area contributed by atoms with E-state index in [-0.39, 0.29) is 17.4 Å². The van der Waals surface area contributed by atoms with Crippen LogP contribution in [0.4, 0.5) is 0 Å². The monoisotopic (exact) mass is 389 g/mol. The van der Waals surface area contributed by atoms with Gasteiger partial charge in [-0.25, -0.2) is 8.42 Å². The Kier molecular flexibility index (Phi) is 4.17. The van der Waals surface area contributed by atoms with Crippen molar-refractivity contribution < 1.29 is 22.7 Å². The van der Waals surface area contributed by atoms with E-state index in [4.69, 9.17) is 9.47 Å². The van der Waals surface area contributed by atoms with Gasteiger partial charge in [0.05, 0.1) is 41.8 Å². The van der Waals surface area contributed by atoms with Crippen LogP contribution in [0.3, 0.4) is 0 Å². The van der Waals surface area contributed by atoms with Crippen molar-refractivity contribution in [1.82, 2.24) is 4.90 Å². The van der Waals surface area contributed by atoms with E-state index in [2.05, 4.69) is 15.9 Å². The Morgan fingerprint density at radius 1 is 1.41 bits per heavy atom. The first-order chi connectivity index (χ1) is 10.4. The van der Waals surface area contributed by atoms with Crippen molar-refractivity contribution in [3.8, 4) is 5.75 Å². The third-order valence-corrected chi connectivity index (χ3v) is 6.30. The minimum Gasteiger partial charge on any atom is -0.496 e. The number of rotatable bonds is 2. The van der Waals surface area contributed by atoms with Crippen LogP contribution >= 0.6 is 15.9 Å². The molecule has 0 radical (unpaired) electrons. The maximum absolute atomic E-state index is 12.7. The van der Waals surface area contributed by atoms with Gasteiger partial charge in [0.15, 0.2) is 9.84 Å². The van der Waals surface area contributed by atoms with Crippen molar-refractivity contribution in [2.75, 3.05) is 31.8 Å². The highest BCUT2D eigenvalue weighted by Gasteiger charge is 2.45. The molecule has 6 nitrogen and oxygen atoms in total. The van der Waals surface area contributed by atoms with Crippen LogP contribution < -0.4 is 4.74 Å². The number of nitrogens with zero attached hydrogens (tertiary/aromatic N) is 1. The third kappa shape index (κ3) is 2.87. The predicted molar refractivity (Wildman–Crippen MR) is 83.9 cm³/mol. The van der Waals surface area contributed by atoms with Crippen LogP contribution in [0.5, 0.6) is 5.75 Å². The summed E-state index contributed by atoms with van der Waals surface area (Å²) in [5.41, 5.74) is 0.498. The van der Waals surface area contributed by atoms with Crippen molar-refractivity contribution >= 4 is 31.7 Å². The van der Waals surface area contributed by atoms with Gasteiger partial charge in [-0.15, -0.1) is 0 Å². The van der Waals surface area contributed by atoms with Crippen LogP contribution in [0, 0.1) is 0 Å². The molecule has 2 fully saturated rings. The largest absolute Gasteiger partial charge is 0.496 e. The molecule has 2 unspecified atom stereocenters. The standard InChI is InChI=1S/C14H16BrNO5S/c1-20-12-3-2-9(6-10(12)15)14(17)16-4-5-21-13-8-22(18,19)7-11(13)16/h2-3,6,11,13H,4-5,7-8H2,1H3. The second kappa shape index (κ2) is 5.82. The molecule has 3 rings (SSSR count). The summed E-state index contributed by atoms with van der Waals surface area (Å²) >= 11 is 3.36. The number of ether oxygens (including phenoxy) is 2. The highest BCUT2D eigenvalue weighted by atomic mass is 79.9. The second-order valence-electron chi connectivity index (χ2n) is 5.40. The number of hydrogen-bond donors (Lipinski definition) is 0. The fraction of sp³-hybridized carbons (Fsp3) is 0.500. The van der Waals surface area contributed by atoms with Crippen molar-refractivity contribution in [1.29, 1.82) is 0 Å². The number of halogens is 1. The van der Waals surface area contributed by atoms with E-state index >= 15 is 0 Å². The fourth-order valence-corrected chi connectivity index (χ4v) is 5.34. The molecule has 1 aromatic carbocycles. The summed E-state index contributed by atoms with van der Waals surface area (Å²) < 4.78 is 34.9. The van der Waals surface area contributed by atoms with Gasteiger partial charge in [0.25, 0.3) is 5.91 Å². The molecule has 0 aliphatic carbocycles. The topological polar surface area (TPSA) is 72.9 Å². The SMILES string of the molecule is COc1ccc(C(=O)N2CCOC3CS(=O)(=O)CC32)cc1Br. The molecule has 2 aliphatic rings. The van der Waals surface area contributed by atoms with Crippen molar-refractivity contribution in [3.05, 3.63) is 28.2 Å². The normalized spacial score (nSPS) is 26.5. The molecule has 22 heavy (non-hydrogen) atoms. The van der Waals surface area contributed by atoms with Gasteiger partial charge in [0.1, 0.15) is 5.75 Å². The van der Waals surface area contributed by atoms with Gasteiger partial charge >= 0.3 is 0 Å². The summed E-state index contributed by atoms with van der Waals surface area (Å²) in [6, 6.07) is 4.68. The van der Waals surface area contributed by atoms with Gasteiger partial charge in [0, 0.05) is 12.1 Å². The lowest BCUT2D eigenvalue weighted by molar-refractivity contribution is -0.0361. The number of amides is 1. The molecule has 0 spiro atoms. The van der Waals surface area contributed by atoms with E-state index in [1.54, 1.807) is 30.2 Å². The lowest BCUT2D eigenvalue weighted by atomic mass is 10.1. The van der Waals surface area contributed by atoms with E-state index in [0.717, 1.165) is 0 Å². The van der Waals surface area contributed by atoms with E-state index in [0.29, 0.717) is 28.9 Å². The van der Waals surface area contributed by atoms with Crippen LogP contribution in [0.1, 0.15) is 10.4 Å². The van der Waals surface area contributed by atoms with Crippen molar-refractivity contribution in [2.24, 2.45) is 0 Å². The molecule has 2 saturated heterocycles. The molecule has 1 amide bonds. The number of morpholine rings is 1. The van der Waals surface area contributed by atoms with Crippen molar-refractivity contribution in [3.63, 3.8) is 0 Å². The summed E-state index contributed by atoms with van der Waals surface area (Å²) in [7, 11) is -1.59. The van der Waals surface area contributed by atoms with Crippen LogP contribution in [0.2, 0.25) is 0 Å². The molecule has 2 atom stereocenters.